The van der Waals surface area contributed by atoms with Gasteiger partial charge in [0.05, 0.1) is 0 Å². The first-order valence-corrected chi connectivity index (χ1v) is 8.14. The predicted octanol–water partition coefficient (Wildman–Crippen LogP) is 3.28. The molecule has 2 fully saturated rings. The van der Waals surface area contributed by atoms with Crippen molar-refractivity contribution in [3.63, 3.8) is 0 Å². The van der Waals surface area contributed by atoms with Crippen molar-refractivity contribution < 1.29 is 0 Å². The molecule has 2 nitrogen and oxygen atoms in total. The highest BCUT2D eigenvalue weighted by atomic mass is 15.2. The lowest BCUT2D eigenvalue weighted by Crippen LogP contribution is -2.44. The van der Waals surface area contributed by atoms with Gasteiger partial charge in [0.15, 0.2) is 0 Å². The Hall–Kier alpha value is -0.0800. The number of nitrogens with one attached hydrogen (secondary N) is 1. The Labute approximate surface area is 114 Å². The average Bonchev–Trinajstić information content (AvgIpc) is 2.28. The summed E-state index contributed by atoms with van der Waals surface area (Å²) in [6.07, 6.45) is 8.42. The van der Waals surface area contributed by atoms with E-state index in [1.165, 1.54) is 58.2 Å². The predicted molar refractivity (Wildman–Crippen MR) is 78.9 cm³/mol. The van der Waals surface area contributed by atoms with Crippen LogP contribution < -0.4 is 5.32 Å². The Morgan fingerprint density at radius 2 is 2.00 bits per heavy atom. The van der Waals surface area contributed by atoms with E-state index in [0.29, 0.717) is 0 Å². The summed E-state index contributed by atoms with van der Waals surface area (Å²) in [6, 6.07) is 1.66. The molecular weight excluding hydrogens is 220 g/mol. The number of likely N-dealkylation sites (tertiary alicyclic amines) is 1. The van der Waals surface area contributed by atoms with E-state index >= 15 is 0 Å². The fourth-order valence-electron chi connectivity index (χ4n) is 3.45. The van der Waals surface area contributed by atoms with Gasteiger partial charge in [0.25, 0.3) is 0 Å². The molecule has 0 aromatic rings. The topological polar surface area (TPSA) is 15.3 Å². The second-order valence-corrected chi connectivity index (χ2v) is 6.86. The maximum atomic E-state index is 3.73. The van der Waals surface area contributed by atoms with Crippen LogP contribution in [0.15, 0.2) is 0 Å². The molecule has 1 aliphatic carbocycles. The minimum atomic E-state index is 0.827. The fraction of sp³-hybridized carbons (Fsp3) is 1.00. The first-order chi connectivity index (χ1) is 8.66. The van der Waals surface area contributed by atoms with Crippen molar-refractivity contribution in [2.45, 2.75) is 71.4 Å². The van der Waals surface area contributed by atoms with Crippen LogP contribution in [0.5, 0.6) is 0 Å². The summed E-state index contributed by atoms with van der Waals surface area (Å²) in [5.41, 5.74) is 0. The molecule has 1 atom stereocenters. The monoisotopic (exact) mass is 252 g/mol. The zero-order valence-corrected chi connectivity index (χ0v) is 12.6. The van der Waals surface area contributed by atoms with Crippen LogP contribution in [0, 0.1) is 11.8 Å². The SMILES string of the molecule is CC(C)C1CC(NCCCN2CCCCC2C)C1. The number of hydrogen-bond donors (Lipinski definition) is 1. The molecule has 2 rings (SSSR count). The van der Waals surface area contributed by atoms with Crippen molar-refractivity contribution >= 4 is 0 Å². The lowest BCUT2D eigenvalue weighted by molar-refractivity contribution is 0.148. The van der Waals surface area contributed by atoms with Gasteiger partial charge in [-0.05, 0) is 70.5 Å². The van der Waals surface area contributed by atoms with Crippen molar-refractivity contribution in [2.75, 3.05) is 19.6 Å². The summed E-state index contributed by atoms with van der Waals surface area (Å²) in [5.74, 6) is 1.88. The van der Waals surface area contributed by atoms with E-state index in [4.69, 9.17) is 0 Å². The standard InChI is InChI=1S/C16H32N2/c1-13(2)15-11-16(12-15)17-8-6-10-18-9-5-4-7-14(18)3/h13-17H,4-12H2,1-3H3. The normalized spacial score (nSPS) is 33.7. The van der Waals surface area contributed by atoms with E-state index in [-0.39, 0.29) is 0 Å². The molecule has 1 saturated heterocycles. The van der Waals surface area contributed by atoms with E-state index in [0.717, 1.165) is 23.9 Å². The molecule has 0 bridgehead atoms. The van der Waals surface area contributed by atoms with Gasteiger partial charge >= 0.3 is 0 Å². The molecule has 2 aliphatic rings. The Morgan fingerprint density at radius 1 is 1.22 bits per heavy atom. The molecule has 0 aromatic carbocycles. The average molecular weight is 252 g/mol. The van der Waals surface area contributed by atoms with E-state index in [1.54, 1.807) is 0 Å². The summed E-state index contributed by atoms with van der Waals surface area (Å²) >= 11 is 0. The molecule has 2 heteroatoms. The van der Waals surface area contributed by atoms with Crippen molar-refractivity contribution in [1.82, 2.24) is 10.2 Å². The molecule has 1 heterocycles. The highest BCUT2D eigenvalue weighted by Crippen LogP contribution is 2.33. The van der Waals surface area contributed by atoms with Crippen LogP contribution >= 0.6 is 0 Å². The van der Waals surface area contributed by atoms with Crippen molar-refractivity contribution in [3.05, 3.63) is 0 Å². The van der Waals surface area contributed by atoms with E-state index in [9.17, 15) is 0 Å². The zero-order valence-electron chi connectivity index (χ0n) is 12.6. The molecule has 18 heavy (non-hydrogen) atoms. The van der Waals surface area contributed by atoms with Crippen LogP contribution in [0.3, 0.4) is 0 Å². The molecule has 0 spiro atoms. The van der Waals surface area contributed by atoms with Crippen LogP contribution in [0.25, 0.3) is 0 Å². The Bertz CT molecular complexity index is 233. The van der Waals surface area contributed by atoms with E-state index < -0.39 is 0 Å². The van der Waals surface area contributed by atoms with Gasteiger partial charge in [0.2, 0.25) is 0 Å². The molecule has 1 N–H and O–H groups in total. The van der Waals surface area contributed by atoms with Crippen LogP contribution in [-0.4, -0.2) is 36.6 Å². The minimum Gasteiger partial charge on any atom is -0.314 e. The number of nitrogens with zero attached hydrogens (tertiary/aromatic N) is 1. The van der Waals surface area contributed by atoms with Gasteiger partial charge < -0.3 is 10.2 Å². The van der Waals surface area contributed by atoms with Crippen molar-refractivity contribution in [1.29, 1.82) is 0 Å². The Kier molecular flexibility index (Phi) is 5.50. The highest BCUT2D eigenvalue weighted by Gasteiger charge is 2.30. The second-order valence-electron chi connectivity index (χ2n) is 6.86. The highest BCUT2D eigenvalue weighted by molar-refractivity contribution is 4.86. The Balaban J connectivity index is 1.49. The van der Waals surface area contributed by atoms with Crippen LogP contribution in [0.4, 0.5) is 0 Å². The van der Waals surface area contributed by atoms with Crippen molar-refractivity contribution in [3.8, 4) is 0 Å². The van der Waals surface area contributed by atoms with Gasteiger partial charge in [-0.2, -0.15) is 0 Å². The first kappa shape index (κ1) is 14.3. The van der Waals surface area contributed by atoms with Crippen LogP contribution in [0.1, 0.15) is 59.3 Å². The summed E-state index contributed by atoms with van der Waals surface area (Å²) < 4.78 is 0. The number of piperidine rings is 1. The number of hydrogen-bond acceptors (Lipinski definition) is 2. The molecule has 1 aliphatic heterocycles. The van der Waals surface area contributed by atoms with Gasteiger partial charge in [-0.15, -0.1) is 0 Å². The minimum absolute atomic E-state index is 0.827. The van der Waals surface area contributed by atoms with Gasteiger partial charge in [0.1, 0.15) is 0 Å². The van der Waals surface area contributed by atoms with Gasteiger partial charge in [-0.3, -0.25) is 0 Å². The largest absolute Gasteiger partial charge is 0.314 e. The van der Waals surface area contributed by atoms with E-state index in [1.807, 2.05) is 0 Å². The summed E-state index contributed by atoms with van der Waals surface area (Å²) in [5, 5.41) is 3.73. The van der Waals surface area contributed by atoms with E-state index in [2.05, 4.69) is 31.0 Å². The zero-order chi connectivity index (χ0) is 13.0. The summed E-state index contributed by atoms with van der Waals surface area (Å²) in [4.78, 5) is 2.68. The van der Waals surface area contributed by atoms with Crippen LogP contribution in [0.2, 0.25) is 0 Å². The lowest BCUT2D eigenvalue weighted by atomic mass is 9.74. The fourth-order valence-corrected chi connectivity index (χ4v) is 3.45. The van der Waals surface area contributed by atoms with Crippen LogP contribution in [-0.2, 0) is 0 Å². The Morgan fingerprint density at radius 3 is 2.67 bits per heavy atom. The summed E-state index contributed by atoms with van der Waals surface area (Å²) in [7, 11) is 0. The third kappa shape index (κ3) is 3.96. The molecule has 0 amide bonds. The third-order valence-electron chi connectivity index (χ3n) is 5.11. The molecule has 1 saturated carbocycles. The third-order valence-corrected chi connectivity index (χ3v) is 5.11. The summed E-state index contributed by atoms with van der Waals surface area (Å²) in [6.45, 7) is 11.0. The molecular formula is C16H32N2. The molecule has 1 unspecified atom stereocenters. The maximum absolute atomic E-state index is 3.73. The quantitative estimate of drug-likeness (QED) is 0.730. The van der Waals surface area contributed by atoms with Gasteiger partial charge in [-0.25, -0.2) is 0 Å². The lowest BCUT2D eigenvalue weighted by Gasteiger charge is -2.39. The molecule has 0 aromatic heterocycles. The maximum Gasteiger partial charge on any atom is 0.00725 e. The smallest absolute Gasteiger partial charge is 0.00725 e. The molecule has 0 radical (unpaired) electrons. The second kappa shape index (κ2) is 6.91. The molecule has 106 valence electrons. The van der Waals surface area contributed by atoms with Gasteiger partial charge in [0, 0.05) is 12.1 Å². The van der Waals surface area contributed by atoms with Gasteiger partial charge in [-0.1, -0.05) is 20.3 Å². The number of rotatable bonds is 6. The van der Waals surface area contributed by atoms with Crippen molar-refractivity contribution in [2.24, 2.45) is 11.8 Å². The first-order valence-electron chi connectivity index (χ1n) is 8.14.